The third-order valence-electron chi connectivity index (χ3n) is 4.21. The summed E-state index contributed by atoms with van der Waals surface area (Å²) >= 11 is 0. The first-order valence-electron chi connectivity index (χ1n) is 8.83. The third-order valence-corrected chi connectivity index (χ3v) is 4.21. The van der Waals surface area contributed by atoms with E-state index < -0.39 is 0 Å². The lowest BCUT2D eigenvalue weighted by atomic mass is 10.0. The lowest BCUT2D eigenvalue weighted by molar-refractivity contribution is 0.0969. The van der Waals surface area contributed by atoms with Crippen molar-refractivity contribution in [3.05, 3.63) is 0 Å². The van der Waals surface area contributed by atoms with Gasteiger partial charge in [0.05, 0.1) is 6.61 Å². The van der Waals surface area contributed by atoms with E-state index in [-0.39, 0.29) is 0 Å². The zero-order valence-electron chi connectivity index (χ0n) is 14.2. The maximum atomic E-state index is 5.75. The van der Waals surface area contributed by atoms with E-state index in [2.05, 4.69) is 23.7 Å². The minimum Gasteiger partial charge on any atom is -0.367 e. The summed E-state index contributed by atoms with van der Waals surface area (Å²) < 4.78 is 5.75. The van der Waals surface area contributed by atoms with Crippen LogP contribution in [0.5, 0.6) is 0 Å². The Morgan fingerprint density at radius 3 is 2.67 bits per heavy atom. The molecule has 0 bridgehead atoms. The Kier molecular flexibility index (Phi) is 9.74. The number of likely N-dealkylation sites (tertiary alicyclic amines) is 1. The topological polar surface area (TPSA) is 38.5 Å². The van der Waals surface area contributed by atoms with Crippen molar-refractivity contribution in [2.75, 3.05) is 32.8 Å². The zero-order valence-corrected chi connectivity index (χ0v) is 14.2. The normalized spacial score (nSPS) is 25.0. The summed E-state index contributed by atoms with van der Waals surface area (Å²) in [5.41, 5.74) is 5.62. The van der Waals surface area contributed by atoms with Crippen LogP contribution in [0.4, 0.5) is 0 Å². The van der Waals surface area contributed by atoms with Gasteiger partial charge in [0.1, 0.15) is 6.61 Å². The molecule has 2 aliphatic rings. The standard InChI is InChI=1S/C16H28N2O.C2H6/c1-2-14-11-16(18(12-14)9-4-8-17)13-19-10-3-5-15-6-7-15;1-2/h14-16H,2,4,6-13,17H2,1H3;1-2H3. The first kappa shape index (κ1) is 18.5. The molecule has 1 saturated heterocycles. The number of ether oxygens (including phenoxy) is 1. The second-order valence-electron chi connectivity index (χ2n) is 5.91. The summed E-state index contributed by atoms with van der Waals surface area (Å²) in [4.78, 5) is 2.56. The van der Waals surface area contributed by atoms with Crippen molar-refractivity contribution in [1.29, 1.82) is 0 Å². The first-order chi connectivity index (χ1) is 10.3. The van der Waals surface area contributed by atoms with Crippen molar-refractivity contribution >= 4 is 0 Å². The molecule has 0 aromatic rings. The molecule has 2 rings (SSSR count). The molecule has 0 aromatic heterocycles. The molecule has 0 aromatic carbocycles. The molecule has 1 aliphatic carbocycles. The summed E-state index contributed by atoms with van der Waals surface area (Å²) in [6, 6.07) is 0.583. The Morgan fingerprint density at radius 1 is 1.29 bits per heavy atom. The second-order valence-corrected chi connectivity index (χ2v) is 5.91. The molecular formula is C18H34N2O. The van der Waals surface area contributed by atoms with Crippen molar-refractivity contribution in [3.63, 3.8) is 0 Å². The monoisotopic (exact) mass is 294 g/mol. The van der Waals surface area contributed by atoms with Crippen molar-refractivity contribution in [2.45, 2.75) is 58.9 Å². The van der Waals surface area contributed by atoms with Gasteiger partial charge in [-0.2, -0.15) is 0 Å². The molecule has 0 radical (unpaired) electrons. The highest BCUT2D eigenvalue weighted by Gasteiger charge is 2.30. The minimum atomic E-state index is 0.583. The molecule has 1 aliphatic heterocycles. The van der Waals surface area contributed by atoms with Gasteiger partial charge < -0.3 is 10.5 Å². The second kappa shape index (κ2) is 11.1. The van der Waals surface area contributed by atoms with Gasteiger partial charge in [-0.05, 0) is 44.7 Å². The van der Waals surface area contributed by atoms with Gasteiger partial charge in [-0.1, -0.05) is 39.0 Å². The van der Waals surface area contributed by atoms with E-state index in [0.717, 1.165) is 32.0 Å². The predicted octanol–water partition coefficient (Wildman–Crippen LogP) is 2.89. The van der Waals surface area contributed by atoms with Crippen LogP contribution in [0.25, 0.3) is 0 Å². The molecule has 122 valence electrons. The van der Waals surface area contributed by atoms with Gasteiger partial charge >= 0.3 is 0 Å². The van der Waals surface area contributed by atoms with Gasteiger partial charge in [0.25, 0.3) is 0 Å². The Bertz CT molecular complexity index is 317. The maximum absolute atomic E-state index is 5.75. The van der Waals surface area contributed by atoms with Gasteiger partial charge in [-0.15, -0.1) is 0 Å². The maximum Gasteiger partial charge on any atom is 0.107 e. The van der Waals surface area contributed by atoms with Crippen molar-refractivity contribution < 1.29 is 4.74 Å². The van der Waals surface area contributed by atoms with E-state index in [1.54, 1.807) is 0 Å². The fraction of sp³-hybridized carbons (Fsp3) is 0.889. The smallest absolute Gasteiger partial charge is 0.107 e. The number of hydrogen-bond donors (Lipinski definition) is 1. The van der Waals surface area contributed by atoms with Crippen molar-refractivity contribution in [1.82, 2.24) is 4.90 Å². The molecule has 0 amide bonds. The number of nitrogens with zero attached hydrogens (tertiary/aromatic N) is 1. The minimum absolute atomic E-state index is 0.583. The molecule has 21 heavy (non-hydrogen) atoms. The largest absolute Gasteiger partial charge is 0.367 e. The van der Waals surface area contributed by atoms with Crippen LogP contribution >= 0.6 is 0 Å². The molecular weight excluding hydrogens is 260 g/mol. The van der Waals surface area contributed by atoms with Crippen LogP contribution in [-0.4, -0.2) is 43.8 Å². The third kappa shape index (κ3) is 7.31. The van der Waals surface area contributed by atoms with E-state index in [4.69, 9.17) is 10.5 Å². The molecule has 2 N–H and O–H groups in total. The number of rotatable bonds is 7. The van der Waals surface area contributed by atoms with E-state index in [1.165, 1.54) is 32.2 Å². The van der Waals surface area contributed by atoms with E-state index in [1.807, 2.05) is 13.8 Å². The highest BCUT2D eigenvalue weighted by Crippen LogP contribution is 2.27. The molecule has 2 unspecified atom stereocenters. The average Bonchev–Trinajstić information content (AvgIpc) is 3.26. The van der Waals surface area contributed by atoms with Crippen LogP contribution in [0.3, 0.4) is 0 Å². The van der Waals surface area contributed by atoms with Crippen LogP contribution in [0.15, 0.2) is 0 Å². The van der Waals surface area contributed by atoms with Gasteiger partial charge in [0, 0.05) is 18.5 Å². The van der Waals surface area contributed by atoms with Crippen LogP contribution < -0.4 is 5.73 Å². The zero-order chi connectivity index (χ0) is 15.5. The summed E-state index contributed by atoms with van der Waals surface area (Å²) in [6.45, 7) is 10.9. The fourth-order valence-electron chi connectivity index (χ4n) is 2.79. The molecule has 2 atom stereocenters. The lowest BCUT2D eigenvalue weighted by Gasteiger charge is -2.23. The predicted molar refractivity (Wildman–Crippen MR) is 90.1 cm³/mol. The highest BCUT2D eigenvalue weighted by atomic mass is 16.5. The highest BCUT2D eigenvalue weighted by molar-refractivity contribution is 5.09. The molecule has 1 saturated carbocycles. The molecule has 3 heteroatoms. The van der Waals surface area contributed by atoms with Crippen molar-refractivity contribution in [2.24, 2.45) is 17.6 Å². The number of nitrogens with two attached hydrogens (primary N) is 1. The average molecular weight is 294 g/mol. The van der Waals surface area contributed by atoms with Crippen molar-refractivity contribution in [3.8, 4) is 11.8 Å². The van der Waals surface area contributed by atoms with Gasteiger partial charge in [0.15, 0.2) is 0 Å². The van der Waals surface area contributed by atoms with Gasteiger partial charge in [0.2, 0.25) is 0 Å². The molecule has 3 nitrogen and oxygen atoms in total. The Balaban J connectivity index is 0.00000106. The fourth-order valence-corrected chi connectivity index (χ4v) is 2.79. The van der Waals surface area contributed by atoms with Crippen LogP contribution in [0.2, 0.25) is 0 Å². The SMILES string of the molecule is CC.CCC1CC(COCC#CC2CC2)N(CCCN)C1. The van der Waals surface area contributed by atoms with E-state index >= 15 is 0 Å². The molecule has 1 heterocycles. The lowest BCUT2D eigenvalue weighted by Crippen LogP contribution is -2.34. The van der Waals surface area contributed by atoms with Crippen LogP contribution in [0, 0.1) is 23.7 Å². The van der Waals surface area contributed by atoms with Gasteiger partial charge in [-0.25, -0.2) is 0 Å². The summed E-state index contributed by atoms with van der Waals surface area (Å²) in [5.74, 6) is 7.90. The van der Waals surface area contributed by atoms with Crippen LogP contribution in [0.1, 0.15) is 52.9 Å². The van der Waals surface area contributed by atoms with E-state index in [0.29, 0.717) is 18.6 Å². The summed E-state index contributed by atoms with van der Waals surface area (Å²) in [6.07, 6.45) is 6.23. The quantitative estimate of drug-likeness (QED) is 0.579. The van der Waals surface area contributed by atoms with Crippen LogP contribution in [-0.2, 0) is 4.74 Å². The van der Waals surface area contributed by atoms with Gasteiger partial charge in [-0.3, -0.25) is 4.90 Å². The van der Waals surface area contributed by atoms with E-state index in [9.17, 15) is 0 Å². The Hall–Kier alpha value is -0.560. The molecule has 2 fully saturated rings. The Morgan fingerprint density at radius 2 is 2.05 bits per heavy atom. The molecule has 0 spiro atoms. The summed E-state index contributed by atoms with van der Waals surface area (Å²) in [7, 11) is 0. The summed E-state index contributed by atoms with van der Waals surface area (Å²) in [5, 5.41) is 0. The first-order valence-corrected chi connectivity index (χ1v) is 8.83. The number of hydrogen-bond acceptors (Lipinski definition) is 3. The Labute approximate surface area is 131 Å².